The molecule has 1 aliphatic carbocycles. The number of nitrogens with zero attached hydrogens (tertiary/aromatic N) is 2. The highest BCUT2D eigenvalue weighted by molar-refractivity contribution is 5.96. The summed E-state index contributed by atoms with van der Waals surface area (Å²) in [5.41, 5.74) is 1.88. The third-order valence-corrected chi connectivity index (χ3v) is 9.60. The van der Waals surface area contributed by atoms with Crippen LogP contribution in [0.15, 0.2) is 73.3 Å². The number of aromatic nitrogens is 1. The number of carboxylic acids is 1. The zero-order valence-corrected chi connectivity index (χ0v) is 27.2. The molecule has 2 aliphatic heterocycles. The first-order valence-electron chi connectivity index (χ1n) is 16.8. The third-order valence-electron chi connectivity index (χ3n) is 9.60. The van der Waals surface area contributed by atoms with Crippen molar-refractivity contribution in [1.82, 2.24) is 20.5 Å². The second-order valence-corrected chi connectivity index (χ2v) is 13.0. The summed E-state index contributed by atoms with van der Waals surface area (Å²) < 4.78 is 6.70. The number of fused-ring (bicyclic) bond motifs is 3. The monoisotopic (exact) mass is 650 g/mol. The van der Waals surface area contributed by atoms with Crippen molar-refractivity contribution in [3.05, 3.63) is 78.9 Å². The van der Waals surface area contributed by atoms with E-state index in [1.807, 2.05) is 73.7 Å². The standard InChI is InChI=1S/C38H42N4O6/c1-3-5-15-30-36(45)42-23-27(20-32(42)35(44)41-38(37(46)47)22-26(38)4-2)48-33-21-31(25-13-9-7-10-14-25)39-29-18-17-24(19-28(29)33)12-8-6-11-16-34(43)40-30/h4,7-10,12-14,17-19,21,26-27,30,32H,2-3,5-6,11,15-16,20,22-23H2,1H3,(H,40,43)(H,41,44)(H,46,47)/b12-8+/t26-,27+,30-,32-,38+/m0/s1. The van der Waals surface area contributed by atoms with Crippen LogP contribution in [0.1, 0.15) is 63.9 Å². The molecule has 6 rings (SSSR count). The first-order chi connectivity index (χ1) is 23.2. The van der Waals surface area contributed by atoms with Crippen molar-refractivity contribution in [3.63, 3.8) is 0 Å². The molecule has 3 N–H and O–H groups in total. The van der Waals surface area contributed by atoms with Crippen molar-refractivity contribution in [2.45, 2.75) is 82.0 Å². The molecule has 3 aliphatic rings. The minimum absolute atomic E-state index is 0.0878. The third kappa shape index (κ3) is 6.83. The summed E-state index contributed by atoms with van der Waals surface area (Å²) in [6.45, 7) is 5.82. The van der Waals surface area contributed by atoms with Crippen LogP contribution in [0.25, 0.3) is 28.2 Å². The average molecular weight is 651 g/mol. The summed E-state index contributed by atoms with van der Waals surface area (Å²) >= 11 is 0. The topological polar surface area (TPSA) is 138 Å². The van der Waals surface area contributed by atoms with Crippen LogP contribution in [-0.4, -0.2) is 69.0 Å². The predicted octanol–water partition coefficient (Wildman–Crippen LogP) is 5.27. The van der Waals surface area contributed by atoms with Gasteiger partial charge in [-0.15, -0.1) is 6.58 Å². The number of benzene rings is 2. The maximum Gasteiger partial charge on any atom is 0.330 e. The number of aliphatic carboxylic acids is 1. The molecular weight excluding hydrogens is 608 g/mol. The predicted molar refractivity (Wildman–Crippen MR) is 183 cm³/mol. The largest absolute Gasteiger partial charge is 0.488 e. The van der Waals surface area contributed by atoms with Crippen molar-refractivity contribution in [2.24, 2.45) is 5.92 Å². The Labute approximate surface area is 280 Å². The van der Waals surface area contributed by atoms with Gasteiger partial charge >= 0.3 is 5.97 Å². The Morgan fingerprint density at radius 3 is 2.73 bits per heavy atom. The fourth-order valence-corrected chi connectivity index (χ4v) is 6.78. The molecule has 5 atom stereocenters. The molecule has 4 bridgehead atoms. The quantitative estimate of drug-likeness (QED) is 0.283. The Hall–Kier alpha value is -4.99. The number of nitrogens with one attached hydrogen (secondary N) is 2. The Morgan fingerprint density at radius 1 is 1.19 bits per heavy atom. The van der Waals surface area contributed by atoms with E-state index in [1.54, 1.807) is 0 Å². The maximum absolute atomic E-state index is 14.2. The van der Waals surface area contributed by atoms with Gasteiger partial charge in [0.1, 0.15) is 29.5 Å². The fraction of sp³-hybridized carbons (Fsp3) is 0.395. The summed E-state index contributed by atoms with van der Waals surface area (Å²) in [4.78, 5) is 59.8. The van der Waals surface area contributed by atoms with E-state index in [2.05, 4.69) is 17.2 Å². The second-order valence-electron chi connectivity index (χ2n) is 13.0. The van der Waals surface area contributed by atoms with Gasteiger partial charge in [-0.3, -0.25) is 14.4 Å². The van der Waals surface area contributed by atoms with Crippen LogP contribution in [0.5, 0.6) is 5.75 Å². The van der Waals surface area contributed by atoms with Gasteiger partial charge in [-0.05, 0) is 43.4 Å². The van der Waals surface area contributed by atoms with Gasteiger partial charge in [0.05, 0.1) is 17.8 Å². The van der Waals surface area contributed by atoms with Gasteiger partial charge in [0, 0.05) is 35.8 Å². The Bertz CT molecular complexity index is 1760. The lowest BCUT2D eigenvalue weighted by molar-refractivity contribution is -0.146. The molecule has 3 heterocycles. The highest BCUT2D eigenvalue weighted by atomic mass is 16.5. The summed E-state index contributed by atoms with van der Waals surface area (Å²) in [6, 6.07) is 15.8. The van der Waals surface area contributed by atoms with Crippen molar-refractivity contribution in [1.29, 1.82) is 0 Å². The number of hydrogen-bond donors (Lipinski definition) is 3. The van der Waals surface area contributed by atoms with E-state index in [0.29, 0.717) is 31.4 Å². The van der Waals surface area contributed by atoms with Crippen LogP contribution < -0.4 is 15.4 Å². The summed E-state index contributed by atoms with van der Waals surface area (Å²) in [7, 11) is 0. The number of hydrogen-bond acceptors (Lipinski definition) is 6. The lowest BCUT2D eigenvalue weighted by Gasteiger charge is -2.29. The van der Waals surface area contributed by atoms with Gasteiger partial charge in [-0.2, -0.15) is 0 Å². The van der Waals surface area contributed by atoms with Crippen LogP contribution in [0.4, 0.5) is 0 Å². The number of allylic oxidation sites excluding steroid dienone is 1. The second kappa shape index (κ2) is 14.0. The van der Waals surface area contributed by atoms with Gasteiger partial charge in [0.2, 0.25) is 17.7 Å². The number of amides is 3. The summed E-state index contributed by atoms with van der Waals surface area (Å²) in [5, 5.41) is 16.5. The molecule has 250 valence electrons. The van der Waals surface area contributed by atoms with Crippen molar-refractivity contribution in [2.75, 3.05) is 6.54 Å². The summed E-state index contributed by atoms with van der Waals surface area (Å²) in [5.74, 6) is -2.13. The molecule has 1 aromatic heterocycles. The van der Waals surface area contributed by atoms with Gasteiger partial charge in [0.15, 0.2) is 0 Å². The van der Waals surface area contributed by atoms with Gasteiger partial charge in [-0.25, -0.2) is 9.78 Å². The molecule has 48 heavy (non-hydrogen) atoms. The number of carbonyl (C=O) groups is 4. The first-order valence-corrected chi connectivity index (χ1v) is 16.8. The van der Waals surface area contributed by atoms with Crippen molar-refractivity contribution >= 4 is 40.7 Å². The van der Waals surface area contributed by atoms with Crippen LogP contribution in [0.2, 0.25) is 0 Å². The van der Waals surface area contributed by atoms with E-state index >= 15 is 0 Å². The molecule has 0 spiro atoms. The van der Waals surface area contributed by atoms with Gasteiger partial charge < -0.3 is 25.4 Å². The van der Waals surface area contributed by atoms with E-state index < -0.39 is 41.5 Å². The number of pyridine rings is 1. The zero-order chi connectivity index (χ0) is 33.8. The molecule has 10 heteroatoms. The number of carboxylic acid groups (broad SMARTS) is 1. The molecule has 0 unspecified atom stereocenters. The van der Waals surface area contributed by atoms with Gasteiger partial charge in [0.25, 0.3) is 0 Å². The lowest BCUT2D eigenvalue weighted by Crippen LogP contribution is -2.56. The minimum atomic E-state index is -1.45. The molecule has 3 aromatic rings. The van der Waals surface area contributed by atoms with Crippen LogP contribution >= 0.6 is 0 Å². The Morgan fingerprint density at radius 2 is 2.00 bits per heavy atom. The molecule has 10 nitrogen and oxygen atoms in total. The molecule has 3 amide bonds. The number of rotatable bonds is 8. The normalized spacial score (nSPS) is 26.3. The van der Waals surface area contributed by atoms with Crippen LogP contribution in [-0.2, 0) is 19.2 Å². The zero-order valence-electron chi connectivity index (χ0n) is 27.2. The van der Waals surface area contributed by atoms with E-state index in [9.17, 15) is 24.3 Å². The average Bonchev–Trinajstić information content (AvgIpc) is 3.65. The number of ether oxygens (including phenoxy) is 1. The maximum atomic E-state index is 14.2. The summed E-state index contributed by atoms with van der Waals surface area (Å²) in [6.07, 6.45) is 8.88. The molecule has 2 fully saturated rings. The van der Waals surface area contributed by atoms with Crippen LogP contribution in [0, 0.1) is 5.92 Å². The SMILES string of the molecule is C=C[C@H]1C[C@]1(NC(=O)[C@@H]1C[C@@H]2CN1C(=O)[C@H](CCCC)NC(=O)CCC/C=C/c1ccc3nc(-c4ccccc4)cc(c3c1)O2)C(=O)O. The Balaban J connectivity index is 1.40. The Kier molecular flexibility index (Phi) is 9.61. The van der Waals surface area contributed by atoms with Crippen molar-refractivity contribution < 1.29 is 29.0 Å². The fourth-order valence-electron chi connectivity index (χ4n) is 6.78. The minimum Gasteiger partial charge on any atom is -0.488 e. The molecule has 1 saturated heterocycles. The molecular formula is C38H42N4O6. The molecule has 2 aromatic carbocycles. The van der Waals surface area contributed by atoms with E-state index in [1.165, 1.54) is 11.0 Å². The first kappa shape index (κ1) is 32.9. The van der Waals surface area contributed by atoms with Gasteiger partial charge in [-0.1, -0.05) is 74.4 Å². The van der Waals surface area contributed by atoms with Crippen LogP contribution in [0.3, 0.4) is 0 Å². The molecule has 1 saturated carbocycles. The highest BCUT2D eigenvalue weighted by Crippen LogP contribution is 2.45. The van der Waals surface area contributed by atoms with E-state index in [0.717, 1.165) is 34.1 Å². The van der Waals surface area contributed by atoms with Crippen molar-refractivity contribution in [3.8, 4) is 17.0 Å². The highest BCUT2D eigenvalue weighted by Gasteiger charge is 2.61. The number of carbonyl (C=O) groups excluding carboxylic acids is 3. The van der Waals surface area contributed by atoms with E-state index in [4.69, 9.17) is 9.72 Å². The number of unbranched alkanes of at least 4 members (excludes halogenated alkanes) is 1. The smallest absolute Gasteiger partial charge is 0.330 e. The molecule has 0 radical (unpaired) electrons. The lowest BCUT2D eigenvalue weighted by atomic mass is 10.0. The van der Waals surface area contributed by atoms with E-state index in [-0.39, 0.29) is 37.6 Å².